The number of alkyl halides is 3. The molecule has 1 aromatic heterocycles. The van der Waals surface area contributed by atoms with Crippen LogP contribution in [0.15, 0.2) is 30.5 Å². The van der Waals surface area contributed by atoms with Crippen LogP contribution in [0.2, 0.25) is 0 Å². The zero-order valence-electron chi connectivity index (χ0n) is 14.3. The van der Waals surface area contributed by atoms with Crippen LogP contribution in [-0.4, -0.2) is 28.8 Å². The minimum Gasteiger partial charge on any atom is -0.479 e. The van der Waals surface area contributed by atoms with Gasteiger partial charge in [-0.3, -0.25) is 14.4 Å². The molecule has 2 N–H and O–H groups in total. The van der Waals surface area contributed by atoms with Crippen LogP contribution in [-0.2, 0) is 15.8 Å². The molecule has 0 bridgehead atoms. The predicted octanol–water partition coefficient (Wildman–Crippen LogP) is 2.99. The quantitative estimate of drug-likeness (QED) is 0.821. The van der Waals surface area contributed by atoms with E-state index >= 15 is 0 Å². The number of hydrogen-bond donors (Lipinski definition) is 2. The van der Waals surface area contributed by atoms with Crippen molar-refractivity contribution in [3.05, 3.63) is 41.7 Å². The van der Waals surface area contributed by atoms with Gasteiger partial charge in [0.1, 0.15) is 6.04 Å². The molecule has 0 saturated heterocycles. The molecule has 2 amide bonds. The Morgan fingerprint density at radius 3 is 2.82 bits per heavy atom. The molecule has 2 aromatic rings. The van der Waals surface area contributed by atoms with Crippen LogP contribution in [0.3, 0.4) is 0 Å². The Kier molecular flexibility index (Phi) is 4.13. The lowest BCUT2D eigenvalue weighted by Crippen LogP contribution is -2.32. The van der Waals surface area contributed by atoms with E-state index in [1.807, 2.05) is 0 Å². The van der Waals surface area contributed by atoms with Crippen molar-refractivity contribution in [3.8, 4) is 5.75 Å². The van der Waals surface area contributed by atoms with Gasteiger partial charge in [-0.15, -0.1) is 0 Å². The molecule has 1 atom stereocenters. The Morgan fingerprint density at radius 1 is 1.29 bits per heavy atom. The van der Waals surface area contributed by atoms with E-state index in [9.17, 15) is 27.6 Å². The second kappa shape index (κ2) is 6.39. The fourth-order valence-electron chi connectivity index (χ4n) is 3.37. The van der Waals surface area contributed by atoms with Gasteiger partial charge in [0.2, 0.25) is 5.91 Å². The number of halogens is 3. The number of aromatic nitrogens is 1. The van der Waals surface area contributed by atoms with E-state index in [0.717, 1.165) is 12.1 Å². The van der Waals surface area contributed by atoms with Crippen molar-refractivity contribution in [2.45, 2.75) is 25.1 Å². The van der Waals surface area contributed by atoms with Crippen molar-refractivity contribution in [1.29, 1.82) is 0 Å². The Balaban J connectivity index is 1.69. The molecule has 1 aromatic carbocycles. The number of nitrogens with zero attached hydrogens (tertiary/aromatic N) is 1. The van der Waals surface area contributed by atoms with Crippen molar-refractivity contribution >= 4 is 29.0 Å². The largest absolute Gasteiger partial charge is 0.479 e. The summed E-state index contributed by atoms with van der Waals surface area (Å²) in [6, 6.07) is 3.99. The molecule has 28 heavy (non-hydrogen) atoms. The van der Waals surface area contributed by atoms with Gasteiger partial charge >= 0.3 is 6.18 Å². The lowest BCUT2D eigenvalue weighted by Gasteiger charge is -2.26. The first-order chi connectivity index (χ1) is 13.2. The van der Waals surface area contributed by atoms with Gasteiger partial charge in [-0.1, -0.05) is 0 Å². The van der Waals surface area contributed by atoms with Crippen molar-refractivity contribution in [3.63, 3.8) is 0 Å². The zero-order chi connectivity index (χ0) is 20.1. The maximum atomic E-state index is 13.2. The molecular formula is C18H14F3N3O4. The summed E-state index contributed by atoms with van der Waals surface area (Å²) in [6.45, 7) is -0.374. The number of benzene rings is 1. The van der Waals surface area contributed by atoms with E-state index in [1.165, 1.54) is 4.57 Å². The maximum Gasteiger partial charge on any atom is 0.416 e. The summed E-state index contributed by atoms with van der Waals surface area (Å²) < 4.78 is 46.4. The first-order valence-corrected chi connectivity index (χ1v) is 8.43. The highest BCUT2D eigenvalue weighted by Gasteiger charge is 2.35. The molecule has 4 rings (SSSR count). The summed E-state index contributed by atoms with van der Waals surface area (Å²) in [6.07, 6.45) is -2.71. The molecule has 2 aliphatic heterocycles. The second-order valence-electron chi connectivity index (χ2n) is 6.50. The van der Waals surface area contributed by atoms with E-state index < -0.39 is 29.6 Å². The van der Waals surface area contributed by atoms with Gasteiger partial charge < -0.3 is 19.9 Å². The van der Waals surface area contributed by atoms with Crippen LogP contribution in [0.4, 0.5) is 24.5 Å². The van der Waals surface area contributed by atoms with E-state index in [1.54, 1.807) is 18.3 Å². The number of ether oxygens (including phenoxy) is 1. The zero-order valence-corrected chi connectivity index (χ0v) is 14.3. The summed E-state index contributed by atoms with van der Waals surface area (Å²) in [5, 5.41) is 4.78. The topological polar surface area (TPSA) is 89.4 Å². The van der Waals surface area contributed by atoms with Crippen LogP contribution in [0.5, 0.6) is 5.75 Å². The maximum absolute atomic E-state index is 13.2. The number of carbonyl (C=O) groups is 3. The van der Waals surface area contributed by atoms with Gasteiger partial charge in [-0.25, -0.2) is 0 Å². The van der Waals surface area contributed by atoms with Gasteiger partial charge in [0.05, 0.1) is 22.6 Å². The standard InChI is InChI=1S/C18H14F3N3O4/c19-18(20,21)9-6-10-16(28-8-15(26)22-10)11(7-9)23-17(27)13-3-4-14(25)12-2-1-5-24(12)13/h1-2,5-7,13H,3-4,8H2,(H,22,26)(H,23,27). The predicted molar refractivity (Wildman–Crippen MR) is 91.2 cm³/mol. The Labute approximate surface area is 156 Å². The number of fused-ring (bicyclic) bond motifs is 2. The molecule has 146 valence electrons. The van der Waals surface area contributed by atoms with Gasteiger partial charge in [0, 0.05) is 12.6 Å². The third-order valence-corrected chi connectivity index (χ3v) is 4.64. The number of rotatable bonds is 2. The molecule has 7 nitrogen and oxygen atoms in total. The number of hydrogen-bond acceptors (Lipinski definition) is 4. The van der Waals surface area contributed by atoms with Crippen LogP contribution >= 0.6 is 0 Å². The van der Waals surface area contributed by atoms with Crippen LogP contribution in [0.1, 0.15) is 34.9 Å². The highest BCUT2D eigenvalue weighted by Crippen LogP contribution is 2.42. The fourth-order valence-corrected chi connectivity index (χ4v) is 3.37. The third-order valence-electron chi connectivity index (χ3n) is 4.64. The number of nitrogens with one attached hydrogen (secondary N) is 2. The number of Topliss-reactive ketones (excluding diaryl/α,β-unsaturated/α-hetero) is 1. The highest BCUT2D eigenvalue weighted by atomic mass is 19.4. The number of amides is 2. The van der Waals surface area contributed by atoms with Crippen molar-refractivity contribution < 1.29 is 32.3 Å². The van der Waals surface area contributed by atoms with E-state index in [0.29, 0.717) is 5.69 Å². The molecule has 0 aliphatic carbocycles. The lowest BCUT2D eigenvalue weighted by molar-refractivity contribution is -0.137. The number of carbonyl (C=O) groups excluding carboxylic acids is 3. The van der Waals surface area contributed by atoms with E-state index in [4.69, 9.17) is 4.74 Å². The van der Waals surface area contributed by atoms with Crippen molar-refractivity contribution in [1.82, 2.24) is 4.57 Å². The van der Waals surface area contributed by atoms with Crippen LogP contribution in [0, 0.1) is 0 Å². The Morgan fingerprint density at radius 2 is 2.07 bits per heavy atom. The Hall–Kier alpha value is -3.30. The molecule has 10 heteroatoms. The van der Waals surface area contributed by atoms with Gasteiger partial charge in [0.15, 0.2) is 18.1 Å². The number of anilines is 2. The normalized spacial score (nSPS) is 18.6. The number of ketones is 1. The Bertz CT molecular complexity index is 996. The average Bonchev–Trinajstić information content (AvgIpc) is 3.11. The van der Waals surface area contributed by atoms with Crippen molar-refractivity contribution in [2.24, 2.45) is 0 Å². The summed E-state index contributed by atoms with van der Waals surface area (Å²) in [4.78, 5) is 36.2. The first kappa shape index (κ1) is 18.1. The molecule has 1 unspecified atom stereocenters. The molecule has 0 radical (unpaired) electrons. The third kappa shape index (κ3) is 3.10. The molecule has 3 heterocycles. The van der Waals surface area contributed by atoms with Crippen LogP contribution in [0.25, 0.3) is 0 Å². The molecule has 0 saturated carbocycles. The molecule has 0 fully saturated rings. The minimum atomic E-state index is -4.68. The summed E-state index contributed by atoms with van der Waals surface area (Å²) in [5.74, 6) is -1.31. The smallest absolute Gasteiger partial charge is 0.416 e. The fraction of sp³-hybridized carbons (Fsp3) is 0.278. The first-order valence-electron chi connectivity index (χ1n) is 8.43. The lowest BCUT2D eigenvalue weighted by atomic mass is 10.0. The van der Waals surface area contributed by atoms with Crippen molar-refractivity contribution in [2.75, 3.05) is 17.2 Å². The van der Waals surface area contributed by atoms with Gasteiger partial charge in [-0.2, -0.15) is 13.2 Å². The second-order valence-corrected chi connectivity index (χ2v) is 6.50. The monoisotopic (exact) mass is 393 g/mol. The minimum absolute atomic E-state index is 0.0411. The summed E-state index contributed by atoms with van der Waals surface area (Å²) in [7, 11) is 0. The molecule has 2 aliphatic rings. The summed E-state index contributed by atoms with van der Waals surface area (Å²) >= 11 is 0. The summed E-state index contributed by atoms with van der Waals surface area (Å²) in [5.41, 5.74) is -1.02. The molecule has 0 spiro atoms. The SMILES string of the molecule is O=C1COc2c(cc(C(F)(F)F)cc2NC(=O)C2CCC(=O)c3cccn32)N1. The van der Waals surface area contributed by atoms with E-state index in [-0.39, 0.29) is 42.4 Å². The van der Waals surface area contributed by atoms with E-state index in [2.05, 4.69) is 10.6 Å². The molecular weight excluding hydrogens is 379 g/mol. The van der Waals surface area contributed by atoms with Gasteiger partial charge in [0.25, 0.3) is 5.91 Å². The highest BCUT2D eigenvalue weighted by molar-refractivity contribution is 6.03. The van der Waals surface area contributed by atoms with Crippen LogP contribution < -0.4 is 15.4 Å². The van der Waals surface area contributed by atoms with Gasteiger partial charge in [-0.05, 0) is 30.7 Å². The average molecular weight is 393 g/mol.